The number of halogens is 2. The number of anilines is 4. The molecule has 0 amide bonds. The molecule has 1 aliphatic rings. The zero-order chi connectivity index (χ0) is 20.2. The summed E-state index contributed by atoms with van der Waals surface area (Å²) in [6, 6.07) is 14.2. The van der Waals surface area contributed by atoms with Gasteiger partial charge in [0.15, 0.2) is 11.6 Å². The topological polar surface area (TPSA) is 70.3 Å². The third-order valence-corrected chi connectivity index (χ3v) is 5.26. The molecule has 0 radical (unpaired) electrons. The van der Waals surface area contributed by atoms with Gasteiger partial charge in [0, 0.05) is 43.4 Å². The second kappa shape index (κ2) is 8.53. The summed E-state index contributed by atoms with van der Waals surface area (Å²) in [5, 5.41) is 3.98. The fraction of sp³-hybridized carbons (Fsp3) is 0.238. The van der Waals surface area contributed by atoms with E-state index in [2.05, 4.69) is 25.1 Å². The monoisotopic (exact) mass is 412 g/mol. The van der Waals surface area contributed by atoms with Crippen molar-refractivity contribution in [2.75, 3.05) is 47.0 Å². The number of hydrogen-bond acceptors (Lipinski definition) is 6. The summed E-state index contributed by atoms with van der Waals surface area (Å²) in [5.74, 6) is 1.13. The van der Waals surface area contributed by atoms with Crippen molar-refractivity contribution in [1.82, 2.24) is 9.97 Å². The molecule has 0 spiro atoms. The van der Waals surface area contributed by atoms with Gasteiger partial charge in [-0.1, -0.05) is 23.7 Å². The van der Waals surface area contributed by atoms with Crippen LogP contribution in [0, 0.1) is 5.82 Å². The van der Waals surface area contributed by atoms with Gasteiger partial charge in [0.1, 0.15) is 17.8 Å². The first-order valence-corrected chi connectivity index (χ1v) is 9.82. The van der Waals surface area contributed by atoms with Crippen LogP contribution in [0.25, 0.3) is 0 Å². The largest absolute Gasteiger partial charge is 0.393 e. The van der Waals surface area contributed by atoms with E-state index in [0.717, 1.165) is 43.2 Å². The van der Waals surface area contributed by atoms with Gasteiger partial charge in [-0.25, -0.2) is 14.4 Å². The Balaban J connectivity index is 1.41. The second-order valence-corrected chi connectivity index (χ2v) is 7.33. The van der Waals surface area contributed by atoms with E-state index < -0.39 is 0 Å². The highest BCUT2D eigenvalue weighted by molar-refractivity contribution is 6.30. The first-order valence-electron chi connectivity index (χ1n) is 9.44. The van der Waals surface area contributed by atoms with Crippen LogP contribution in [0.5, 0.6) is 0 Å². The minimum Gasteiger partial charge on any atom is -0.393 e. The van der Waals surface area contributed by atoms with E-state index in [9.17, 15) is 4.39 Å². The Hall–Kier alpha value is -3.06. The Labute approximate surface area is 174 Å². The number of rotatable bonds is 5. The number of aromatic nitrogens is 2. The van der Waals surface area contributed by atoms with Crippen LogP contribution >= 0.6 is 11.6 Å². The van der Waals surface area contributed by atoms with E-state index in [1.165, 1.54) is 18.5 Å². The summed E-state index contributed by atoms with van der Waals surface area (Å²) >= 11 is 5.93. The van der Waals surface area contributed by atoms with Crippen LogP contribution in [0.1, 0.15) is 5.56 Å². The van der Waals surface area contributed by atoms with Crippen molar-refractivity contribution < 1.29 is 4.39 Å². The summed E-state index contributed by atoms with van der Waals surface area (Å²) in [4.78, 5) is 13.1. The molecule has 0 atom stereocenters. The number of benzene rings is 2. The fourth-order valence-electron chi connectivity index (χ4n) is 3.40. The summed E-state index contributed by atoms with van der Waals surface area (Å²) in [6.45, 7) is 3.76. The number of piperazine rings is 1. The molecule has 1 fully saturated rings. The van der Waals surface area contributed by atoms with Gasteiger partial charge in [0.2, 0.25) is 0 Å². The number of nitrogen functional groups attached to an aromatic ring is 1. The standard InChI is InChI=1S/C21H22ClFN6/c22-16-3-1-15(2-4-16)13-25-20-19(24)21(27-14-26-20)29-11-9-28(10-12-29)18-7-5-17(23)6-8-18/h1-8,14H,9-13,24H2,(H,25,26,27). The molecule has 0 unspecified atom stereocenters. The third kappa shape index (κ3) is 4.51. The SMILES string of the molecule is Nc1c(NCc2ccc(Cl)cc2)ncnc1N1CCN(c2ccc(F)cc2)CC1. The lowest BCUT2D eigenvalue weighted by molar-refractivity contribution is 0.624. The van der Waals surface area contributed by atoms with E-state index in [1.807, 2.05) is 36.4 Å². The summed E-state index contributed by atoms with van der Waals surface area (Å²) in [5.41, 5.74) is 9.00. The van der Waals surface area contributed by atoms with E-state index in [-0.39, 0.29) is 5.82 Å². The Bertz CT molecular complexity index is 956. The minimum atomic E-state index is -0.222. The molecule has 0 saturated carbocycles. The van der Waals surface area contributed by atoms with E-state index >= 15 is 0 Å². The molecule has 1 aromatic heterocycles. The van der Waals surface area contributed by atoms with Gasteiger partial charge in [-0.05, 0) is 42.0 Å². The highest BCUT2D eigenvalue weighted by atomic mass is 35.5. The van der Waals surface area contributed by atoms with Crippen molar-refractivity contribution in [3.63, 3.8) is 0 Å². The average molecular weight is 413 g/mol. The van der Waals surface area contributed by atoms with Crippen LogP contribution in [-0.4, -0.2) is 36.1 Å². The predicted octanol–water partition coefficient (Wildman–Crippen LogP) is 3.79. The number of nitrogens with zero attached hydrogens (tertiary/aromatic N) is 4. The van der Waals surface area contributed by atoms with Gasteiger partial charge in [0.05, 0.1) is 0 Å². The number of nitrogens with two attached hydrogens (primary N) is 1. The second-order valence-electron chi connectivity index (χ2n) is 6.89. The van der Waals surface area contributed by atoms with Crippen LogP contribution in [0.15, 0.2) is 54.9 Å². The Morgan fingerprint density at radius 2 is 1.59 bits per heavy atom. The maximum atomic E-state index is 13.1. The highest BCUT2D eigenvalue weighted by Gasteiger charge is 2.21. The average Bonchev–Trinajstić information content (AvgIpc) is 2.75. The highest BCUT2D eigenvalue weighted by Crippen LogP contribution is 2.28. The first-order chi connectivity index (χ1) is 14.1. The molecule has 0 aliphatic carbocycles. The van der Waals surface area contributed by atoms with Gasteiger partial charge in [0.25, 0.3) is 0 Å². The van der Waals surface area contributed by atoms with Gasteiger partial charge in [-0.15, -0.1) is 0 Å². The van der Waals surface area contributed by atoms with Crippen LogP contribution in [0.3, 0.4) is 0 Å². The zero-order valence-corrected chi connectivity index (χ0v) is 16.6. The van der Waals surface area contributed by atoms with Crippen LogP contribution in [0.4, 0.5) is 27.4 Å². The van der Waals surface area contributed by atoms with Crippen LogP contribution in [-0.2, 0) is 6.54 Å². The Morgan fingerprint density at radius 3 is 2.28 bits per heavy atom. The molecule has 4 rings (SSSR count). The smallest absolute Gasteiger partial charge is 0.157 e. The molecular formula is C21H22ClFN6. The fourth-order valence-corrected chi connectivity index (χ4v) is 3.52. The van der Waals surface area contributed by atoms with E-state index in [1.54, 1.807) is 0 Å². The van der Waals surface area contributed by atoms with Crippen molar-refractivity contribution in [3.8, 4) is 0 Å². The zero-order valence-electron chi connectivity index (χ0n) is 15.9. The molecule has 6 nitrogen and oxygen atoms in total. The van der Waals surface area contributed by atoms with Crippen LogP contribution in [0.2, 0.25) is 5.02 Å². The van der Waals surface area contributed by atoms with E-state index in [4.69, 9.17) is 17.3 Å². The maximum Gasteiger partial charge on any atom is 0.157 e. The Kier molecular flexibility index (Phi) is 5.67. The van der Waals surface area contributed by atoms with Crippen molar-refractivity contribution >= 4 is 34.6 Å². The van der Waals surface area contributed by atoms with Crippen molar-refractivity contribution in [2.45, 2.75) is 6.54 Å². The quantitative estimate of drug-likeness (QED) is 0.664. The lowest BCUT2D eigenvalue weighted by atomic mass is 10.2. The summed E-state index contributed by atoms with van der Waals surface area (Å²) < 4.78 is 13.1. The van der Waals surface area contributed by atoms with Crippen molar-refractivity contribution in [2.24, 2.45) is 0 Å². The van der Waals surface area contributed by atoms with Gasteiger partial charge >= 0.3 is 0 Å². The van der Waals surface area contributed by atoms with E-state index in [0.29, 0.717) is 23.1 Å². The predicted molar refractivity (Wildman–Crippen MR) is 116 cm³/mol. The van der Waals surface area contributed by atoms with Crippen molar-refractivity contribution in [3.05, 3.63) is 71.3 Å². The minimum absolute atomic E-state index is 0.222. The molecule has 29 heavy (non-hydrogen) atoms. The molecule has 1 saturated heterocycles. The summed E-state index contributed by atoms with van der Waals surface area (Å²) in [6.07, 6.45) is 1.53. The number of hydrogen-bond donors (Lipinski definition) is 2. The molecule has 150 valence electrons. The molecule has 2 aromatic carbocycles. The number of nitrogens with one attached hydrogen (secondary N) is 1. The maximum absolute atomic E-state index is 13.1. The normalized spacial score (nSPS) is 14.1. The molecular weight excluding hydrogens is 391 g/mol. The van der Waals surface area contributed by atoms with Gasteiger partial charge in [-0.2, -0.15) is 0 Å². The lowest BCUT2D eigenvalue weighted by Gasteiger charge is -2.37. The molecule has 3 aromatic rings. The molecule has 3 N–H and O–H groups in total. The summed E-state index contributed by atoms with van der Waals surface area (Å²) in [7, 11) is 0. The van der Waals surface area contributed by atoms with Crippen molar-refractivity contribution in [1.29, 1.82) is 0 Å². The molecule has 8 heteroatoms. The lowest BCUT2D eigenvalue weighted by Crippen LogP contribution is -2.47. The molecule has 1 aliphatic heterocycles. The van der Waals surface area contributed by atoms with Gasteiger partial charge < -0.3 is 20.9 Å². The van der Waals surface area contributed by atoms with Gasteiger partial charge in [-0.3, -0.25) is 0 Å². The van der Waals surface area contributed by atoms with Crippen LogP contribution < -0.4 is 20.9 Å². The molecule has 2 heterocycles. The molecule has 0 bridgehead atoms. The third-order valence-electron chi connectivity index (χ3n) is 5.01. The first kappa shape index (κ1) is 19.3. The Morgan fingerprint density at radius 1 is 0.931 bits per heavy atom.